The summed E-state index contributed by atoms with van der Waals surface area (Å²) in [5, 5.41) is 14.7. The van der Waals surface area contributed by atoms with Crippen LogP contribution in [0.25, 0.3) is 28.3 Å². The van der Waals surface area contributed by atoms with E-state index in [1.807, 2.05) is 13.1 Å². The van der Waals surface area contributed by atoms with Gasteiger partial charge >= 0.3 is 0 Å². The molecular formula is C18H15ClN8O. The zero-order valence-corrected chi connectivity index (χ0v) is 15.8. The first kappa shape index (κ1) is 17.8. The average molecular weight is 395 g/mol. The molecule has 0 saturated carbocycles. The number of pyridine rings is 2. The Kier molecular flexibility index (Phi) is 4.58. The molecule has 10 heteroatoms. The molecule has 0 bridgehead atoms. The molecule has 4 aromatic heterocycles. The van der Waals surface area contributed by atoms with Gasteiger partial charge < -0.3 is 5.32 Å². The number of nitrogens with one attached hydrogen (secondary N) is 2. The Morgan fingerprint density at radius 3 is 2.82 bits per heavy atom. The quantitative estimate of drug-likeness (QED) is 0.549. The molecule has 0 spiro atoms. The number of H-pyrrole nitrogens is 1. The van der Waals surface area contributed by atoms with E-state index in [1.54, 1.807) is 35.4 Å². The van der Waals surface area contributed by atoms with Gasteiger partial charge in [0.05, 0.1) is 16.3 Å². The van der Waals surface area contributed by atoms with Gasteiger partial charge in [-0.1, -0.05) is 11.6 Å². The lowest BCUT2D eigenvalue weighted by atomic mass is 10.1. The maximum absolute atomic E-state index is 11.4. The van der Waals surface area contributed by atoms with Crippen LogP contribution in [0.2, 0.25) is 5.02 Å². The van der Waals surface area contributed by atoms with Crippen molar-refractivity contribution in [3.05, 3.63) is 53.8 Å². The minimum absolute atomic E-state index is 0.200. The molecule has 0 aliphatic carbocycles. The highest BCUT2D eigenvalue weighted by atomic mass is 35.5. The van der Waals surface area contributed by atoms with Crippen LogP contribution in [-0.4, -0.2) is 40.8 Å². The number of anilines is 1. The molecule has 0 aliphatic heterocycles. The third-order valence-electron chi connectivity index (χ3n) is 4.04. The third-order valence-corrected chi connectivity index (χ3v) is 4.34. The van der Waals surface area contributed by atoms with Gasteiger partial charge in [-0.25, -0.2) is 14.6 Å². The zero-order chi connectivity index (χ0) is 19.7. The van der Waals surface area contributed by atoms with Crippen molar-refractivity contribution in [2.24, 2.45) is 0 Å². The largest absolute Gasteiger partial charge is 0.311 e. The first-order valence-electron chi connectivity index (χ1n) is 8.33. The standard InChI is InChI=1S/C18H15ClN8O/c1-10-6-21-16(24-11(2)28)5-15(10)27-8-13(18-22-9-23-25-18)17(26-27)12-3-4-20-7-14(12)19/h3-9H,1-2H3,(H,21,24,28)(H,22,23,25). The van der Waals surface area contributed by atoms with E-state index in [1.165, 1.54) is 13.3 Å². The Bertz CT molecular complexity index is 1150. The Hall–Kier alpha value is -3.59. The molecule has 140 valence electrons. The molecule has 4 heterocycles. The fourth-order valence-electron chi connectivity index (χ4n) is 2.78. The molecule has 0 radical (unpaired) electrons. The number of hydrogen-bond donors (Lipinski definition) is 2. The van der Waals surface area contributed by atoms with Gasteiger partial charge in [-0.05, 0) is 18.6 Å². The Balaban J connectivity index is 1.90. The van der Waals surface area contributed by atoms with E-state index in [-0.39, 0.29) is 5.91 Å². The van der Waals surface area contributed by atoms with Gasteiger partial charge in [0.15, 0.2) is 5.82 Å². The second kappa shape index (κ2) is 7.20. The highest BCUT2D eigenvalue weighted by molar-refractivity contribution is 6.33. The number of aryl methyl sites for hydroxylation is 1. The zero-order valence-electron chi connectivity index (χ0n) is 15.0. The molecule has 0 saturated heterocycles. The maximum Gasteiger partial charge on any atom is 0.222 e. The van der Waals surface area contributed by atoms with E-state index in [9.17, 15) is 4.79 Å². The lowest BCUT2D eigenvalue weighted by Gasteiger charge is -2.08. The smallest absolute Gasteiger partial charge is 0.222 e. The minimum Gasteiger partial charge on any atom is -0.311 e. The molecule has 0 unspecified atom stereocenters. The molecule has 4 rings (SSSR count). The second-order valence-electron chi connectivity index (χ2n) is 6.06. The third kappa shape index (κ3) is 3.35. The SMILES string of the molecule is CC(=O)Nc1cc(-n2cc(-c3ncn[nH]3)c(-c3ccncc3Cl)n2)c(C)cn1. The van der Waals surface area contributed by atoms with Crippen molar-refractivity contribution in [1.82, 2.24) is 34.9 Å². The molecule has 0 atom stereocenters. The van der Waals surface area contributed by atoms with Crippen LogP contribution >= 0.6 is 11.6 Å². The molecule has 0 aliphatic rings. The van der Waals surface area contributed by atoms with Gasteiger partial charge in [0, 0.05) is 43.3 Å². The molecule has 28 heavy (non-hydrogen) atoms. The maximum atomic E-state index is 11.4. The Morgan fingerprint density at radius 1 is 1.25 bits per heavy atom. The van der Waals surface area contributed by atoms with E-state index in [2.05, 4.69) is 30.5 Å². The van der Waals surface area contributed by atoms with Gasteiger partial charge in [0.25, 0.3) is 0 Å². The molecule has 2 N–H and O–H groups in total. The van der Waals surface area contributed by atoms with E-state index in [0.717, 1.165) is 22.4 Å². The van der Waals surface area contributed by atoms with Crippen molar-refractivity contribution in [3.63, 3.8) is 0 Å². The highest BCUT2D eigenvalue weighted by Gasteiger charge is 2.19. The Morgan fingerprint density at radius 2 is 2.11 bits per heavy atom. The molecule has 0 aromatic carbocycles. The number of aromatic amines is 1. The van der Waals surface area contributed by atoms with E-state index >= 15 is 0 Å². The molecular weight excluding hydrogens is 380 g/mol. The number of rotatable bonds is 4. The van der Waals surface area contributed by atoms with Crippen molar-refractivity contribution < 1.29 is 4.79 Å². The summed E-state index contributed by atoms with van der Waals surface area (Å²) >= 11 is 6.35. The van der Waals surface area contributed by atoms with Crippen molar-refractivity contribution in [2.75, 3.05) is 5.32 Å². The minimum atomic E-state index is -0.200. The summed E-state index contributed by atoms with van der Waals surface area (Å²) < 4.78 is 1.70. The molecule has 1 amide bonds. The second-order valence-corrected chi connectivity index (χ2v) is 6.47. The van der Waals surface area contributed by atoms with Gasteiger partial charge in [-0.2, -0.15) is 10.2 Å². The molecule has 0 fully saturated rings. The van der Waals surface area contributed by atoms with Gasteiger partial charge in [-0.15, -0.1) is 0 Å². The topological polar surface area (TPSA) is 114 Å². The van der Waals surface area contributed by atoms with Gasteiger partial charge in [-0.3, -0.25) is 14.9 Å². The fourth-order valence-corrected chi connectivity index (χ4v) is 2.99. The van der Waals surface area contributed by atoms with Crippen LogP contribution in [0.4, 0.5) is 5.82 Å². The predicted octanol–water partition coefficient (Wildman–Crippen LogP) is 3.03. The van der Waals surface area contributed by atoms with Crippen molar-refractivity contribution >= 4 is 23.3 Å². The number of hydrogen-bond acceptors (Lipinski definition) is 6. The summed E-state index contributed by atoms with van der Waals surface area (Å²) in [6.45, 7) is 3.34. The lowest BCUT2D eigenvalue weighted by molar-refractivity contribution is -0.114. The average Bonchev–Trinajstić information content (AvgIpc) is 3.32. The number of nitrogens with zero attached hydrogens (tertiary/aromatic N) is 6. The predicted molar refractivity (Wildman–Crippen MR) is 104 cm³/mol. The van der Waals surface area contributed by atoms with Crippen LogP contribution in [0.1, 0.15) is 12.5 Å². The van der Waals surface area contributed by atoms with E-state index < -0.39 is 0 Å². The molecule has 4 aromatic rings. The Labute approximate surface area is 164 Å². The van der Waals surface area contributed by atoms with Crippen molar-refractivity contribution in [3.8, 4) is 28.3 Å². The fraction of sp³-hybridized carbons (Fsp3) is 0.111. The van der Waals surface area contributed by atoms with Crippen molar-refractivity contribution in [2.45, 2.75) is 13.8 Å². The van der Waals surface area contributed by atoms with Crippen LogP contribution in [0, 0.1) is 6.92 Å². The number of carbonyl (C=O) groups excluding carboxylic acids is 1. The number of aromatic nitrogens is 7. The van der Waals surface area contributed by atoms with Crippen molar-refractivity contribution in [1.29, 1.82) is 0 Å². The first-order valence-corrected chi connectivity index (χ1v) is 8.70. The summed E-state index contributed by atoms with van der Waals surface area (Å²) in [7, 11) is 0. The summed E-state index contributed by atoms with van der Waals surface area (Å²) in [6, 6.07) is 3.54. The summed E-state index contributed by atoms with van der Waals surface area (Å²) in [5.74, 6) is 0.797. The number of amides is 1. The highest BCUT2D eigenvalue weighted by Crippen LogP contribution is 2.34. The number of halogens is 1. The lowest BCUT2D eigenvalue weighted by Crippen LogP contribution is -2.09. The normalized spacial score (nSPS) is 10.8. The van der Waals surface area contributed by atoms with Gasteiger partial charge in [0.1, 0.15) is 17.8 Å². The van der Waals surface area contributed by atoms with Crippen LogP contribution in [0.15, 0.2) is 43.2 Å². The van der Waals surface area contributed by atoms with Crippen LogP contribution in [0.3, 0.4) is 0 Å². The van der Waals surface area contributed by atoms with Crippen LogP contribution < -0.4 is 5.32 Å². The summed E-state index contributed by atoms with van der Waals surface area (Å²) in [6.07, 6.45) is 8.14. The summed E-state index contributed by atoms with van der Waals surface area (Å²) in [4.78, 5) is 23.9. The monoisotopic (exact) mass is 394 g/mol. The molecule has 9 nitrogen and oxygen atoms in total. The van der Waals surface area contributed by atoms with Crippen LogP contribution in [0.5, 0.6) is 0 Å². The van der Waals surface area contributed by atoms with Crippen LogP contribution in [-0.2, 0) is 4.79 Å². The summed E-state index contributed by atoms with van der Waals surface area (Å²) in [5.41, 5.74) is 3.71. The van der Waals surface area contributed by atoms with E-state index in [0.29, 0.717) is 22.4 Å². The first-order chi connectivity index (χ1) is 13.5. The van der Waals surface area contributed by atoms with Gasteiger partial charge in [0.2, 0.25) is 5.91 Å². The number of carbonyl (C=O) groups is 1. The van der Waals surface area contributed by atoms with E-state index in [4.69, 9.17) is 16.7 Å².